The van der Waals surface area contributed by atoms with Crippen molar-refractivity contribution in [1.29, 1.82) is 0 Å². The Morgan fingerprint density at radius 1 is 0.450 bits per heavy atom. The Morgan fingerprint density at radius 2 is 1.00 bits per heavy atom. The molecule has 0 aliphatic heterocycles. The summed E-state index contributed by atoms with van der Waals surface area (Å²) in [5.74, 6) is 0. The van der Waals surface area contributed by atoms with E-state index in [1.165, 1.54) is 0 Å². The number of hydrogen-bond acceptors (Lipinski definition) is 3. The molecular weight excluding hydrogens is 488 g/mol. The van der Waals surface area contributed by atoms with Gasteiger partial charge in [0.15, 0.2) is 5.65 Å². The molecule has 188 valence electrons. The predicted molar refractivity (Wildman–Crippen MR) is 166 cm³/mol. The second-order valence-electron chi connectivity index (χ2n) is 9.89. The van der Waals surface area contributed by atoms with Crippen molar-refractivity contribution in [3.05, 3.63) is 146 Å². The molecule has 0 aliphatic rings. The molecule has 0 fully saturated rings. The zero-order valence-electron chi connectivity index (χ0n) is 21.6. The molecule has 4 nitrogen and oxygen atoms in total. The van der Waals surface area contributed by atoms with E-state index in [-0.39, 0.29) is 0 Å². The van der Waals surface area contributed by atoms with Crippen molar-refractivity contribution in [3.63, 3.8) is 0 Å². The van der Waals surface area contributed by atoms with Crippen molar-refractivity contribution in [2.75, 3.05) is 4.90 Å². The van der Waals surface area contributed by atoms with Gasteiger partial charge in [0.05, 0.1) is 27.9 Å². The molecule has 0 saturated carbocycles. The van der Waals surface area contributed by atoms with Crippen molar-refractivity contribution in [1.82, 2.24) is 14.5 Å². The van der Waals surface area contributed by atoms with Gasteiger partial charge in [0.1, 0.15) is 5.52 Å². The SMILES string of the molecule is c1ccc(N(c2ccccc2)c2ccc(-n3c4ccccc4c4nc5ccccc5nc43)c3ccccc23)cc1. The maximum atomic E-state index is 5.14. The van der Waals surface area contributed by atoms with Gasteiger partial charge < -0.3 is 4.90 Å². The summed E-state index contributed by atoms with van der Waals surface area (Å²) < 4.78 is 2.27. The van der Waals surface area contributed by atoms with Crippen molar-refractivity contribution in [2.45, 2.75) is 0 Å². The fourth-order valence-corrected chi connectivity index (χ4v) is 5.79. The number of hydrogen-bond donors (Lipinski definition) is 0. The Labute approximate surface area is 231 Å². The van der Waals surface area contributed by atoms with Crippen LogP contribution in [0, 0.1) is 0 Å². The minimum absolute atomic E-state index is 0.862. The van der Waals surface area contributed by atoms with Crippen LogP contribution in [0.5, 0.6) is 0 Å². The van der Waals surface area contributed by atoms with E-state index in [4.69, 9.17) is 9.97 Å². The first-order chi connectivity index (χ1) is 19.9. The molecule has 0 atom stereocenters. The van der Waals surface area contributed by atoms with E-state index in [1.54, 1.807) is 0 Å². The minimum Gasteiger partial charge on any atom is -0.310 e. The molecule has 4 heteroatoms. The summed E-state index contributed by atoms with van der Waals surface area (Å²) in [6.07, 6.45) is 0. The zero-order valence-corrected chi connectivity index (χ0v) is 21.6. The summed E-state index contributed by atoms with van der Waals surface area (Å²) in [6.45, 7) is 0. The number of para-hydroxylation sites is 5. The van der Waals surface area contributed by atoms with Crippen LogP contribution in [-0.4, -0.2) is 14.5 Å². The number of rotatable bonds is 4. The normalized spacial score (nSPS) is 11.5. The minimum atomic E-state index is 0.862. The maximum absolute atomic E-state index is 5.14. The molecule has 6 aromatic carbocycles. The van der Waals surface area contributed by atoms with Gasteiger partial charge in [0.25, 0.3) is 0 Å². The second-order valence-corrected chi connectivity index (χ2v) is 9.89. The molecule has 0 aliphatic carbocycles. The van der Waals surface area contributed by atoms with Crippen LogP contribution >= 0.6 is 0 Å². The number of benzene rings is 6. The number of anilines is 3. The monoisotopic (exact) mass is 512 g/mol. The predicted octanol–water partition coefficient (Wildman–Crippen LogP) is 9.35. The van der Waals surface area contributed by atoms with Crippen LogP contribution in [0.4, 0.5) is 17.1 Å². The van der Waals surface area contributed by atoms with E-state index in [0.29, 0.717) is 0 Å². The molecular formula is C36H24N4. The lowest BCUT2D eigenvalue weighted by atomic mass is 10.0. The van der Waals surface area contributed by atoms with Crippen LogP contribution in [-0.2, 0) is 0 Å². The van der Waals surface area contributed by atoms with Gasteiger partial charge in [-0.2, -0.15) is 0 Å². The smallest absolute Gasteiger partial charge is 0.165 e. The van der Waals surface area contributed by atoms with Gasteiger partial charge in [-0.05, 0) is 54.6 Å². The quantitative estimate of drug-likeness (QED) is 0.236. The van der Waals surface area contributed by atoms with Crippen LogP contribution < -0.4 is 4.90 Å². The molecule has 0 amide bonds. The third-order valence-corrected chi connectivity index (χ3v) is 7.55. The summed E-state index contributed by atoms with van der Waals surface area (Å²) in [4.78, 5) is 12.5. The molecule has 8 rings (SSSR count). The Balaban J connectivity index is 1.44. The molecule has 2 heterocycles. The second kappa shape index (κ2) is 9.07. The van der Waals surface area contributed by atoms with Crippen LogP contribution in [0.25, 0.3) is 49.6 Å². The fraction of sp³-hybridized carbons (Fsp3) is 0. The lowest BCUT2D eigenvalue weighted by Gasteiger charge is -2.27. The third kappa shape index (κ3) is 3.47. The largest absolute Gasteiger partial charge is 0.310 e. The highest BCUT2D eigenvalue weighted by Gasteiger charge is 2.20. The lowest BCUT2D eigenvalue weighted by molar-refractivity contribution is 1.15. The Hall–Kier alpha value is -5.48. The molecule has 0 saturated heterocycles. The van der Waals surface area contributed by atoms with Crippen molar-refractivity contribution in [3.8, 4) is 5.69 Å². The Bertz CT molecular complexity index is 2130. The third-order valence-electron chi connectivity index (χ3n) is 7.55. The Kier molecular flexibility index (Phi) is 5.10. The highest BCUT2D eigenvalue weighted by atomic mass is 15.1. The van der Waals surface area contributed by atoms with Crippen LogP contribution in [0.15, 0.2) is 146 Å². The van der Waals surface area contributed by atoms with Crippen LogP contribution in [0.2, 0.25) is 0 Å². The molecule has 0 N–H and O–H groups in total. The first-order valence-electron chi connectivity index (χ1n) is 13.5. The van der Waals surface area contributed by atoms with Crippen LogP contribution in [0.3, 0.4) is 0 Å². The van der Waals surface area contributed by atoms with Gasteiger partial charge >= 0.3 is 0 Å². The first kappa shape index (κ1) is 22.5. The average molecular weight is 513 g/mol. The topological polar surface area (TPSA) is 34.0 Å². The van der Waals surface area contributed by atoms with Gasteiger partial charge in [-0.1, -0.05) is 91.0 Å². The van der Waals surface area contributed by atoms with Gasteiger partial charge in [-0.15, -0.1) is 0 Å². The molecule has 2 aromatic heterocycles. The first-order valence-corrected chi connectivity index (χ1v) is 13.5. The van der Waals surface area contributed by atoms with E-state index >= 15 is 0 Å². The average Bonchev–Trinajstić information content (AvgIpc) is 3.34. The molecule has 8 aromatic rings. The molecule has 0 bridgehead atoms. The van der Waals surface area contributed by atoms with E-state index in [2.05, 4.69) is 131 Å². The van der Waals surface area contributed by atoms with Crippen molar-refractivity contribution < 1.29 is 0 Å². The standard InChI is InChI=1S/C36H24N4/c1-3-13-25(14-4-1)39(26-15-5-2-6-16-26)33-23-24-34(28-18-8-7-17-27(28)33)40-32-22-12-9-19-29(32)35-36(40)38-31-21-11-10-20-30(31)37-35/h1-24H. The highest BCUT2D eigenvalue weighted by molar-refractivity contribution is 6.10. The summed E-state index contributed by atoms with van der Waals surface area (Å²) in [6, 6.07) is 50.7. The van der Waals surface area contributed by atoms with Crippen LogP contribution in [0.1, 0.15) is 0 Å². The fourth-order valence-electron chi connectivity index (χ4n) is 5.79. The Morgan fingerprint density at radius 3 is 1.70 bits per heavy atom. The van der Waals surface area contributed by atoms with Gasteiger partial charge in [-0.3, -0.25) is 4.57 Å². The molecule has 0 unspecified atom stereocenters. The molecule has 40 heavy (non-hydrogen) atoms. The summed E-state index contributed by atoms with van der Waals surface area (Å²) >= 11 is 0. The van der Waals surface area contributed by atoms with E-state index < -0.39 is 0 Å². The van der Waals surface area contributed by atoms with Crippen molar-refractivity contribution in [2.24, 2.45) is 0 Å². The highest BCUT2D eigenvalue weighted by Crippen LogP contribution is 2.42. The van der Waals surface area contributed by atoms with Gasteiger partial charge in [0, 0.05) is 27.5 Å². The van der Waals surface area contributed by atoms with E-state index in [9.17, 15) is 0 Å². The number of fused-ring (bicyclic) bond motifs is 5. The van der Waals surface area contributed by atoms with Gasteiger partial charge in [-0.25, -0.2) is 9.97 Å². The summed E-state index contributed by atoms with van der Waals surface area (Å²) in [5, 5.41) is 3.40. The van der Waals surface area contributed by atoms with E-state index in [0.717, 1.165) is 66.6 Å². The number of aromatic nitrogens is 3. The zero-order chi connectivity index (χ0) is 26.5. The summed E-state index contributed by atoms with van der Waals surface area (Å²) in [7, 11) is 0. The molecule has 0 radical (unpaired) electrons. The van der Waals surface area contributed by atoms with Crippen molar-refractivity contribution >= 4 is 60.9 Å². The number of nitrogens with zero attached hydrogens (tertiary/aromatic N) is 4. The maximum Gasteiger partial charge on any atom is 0.165 e. The lowest BCUT2D eigenvalue weighted by Crippen LogP contribution is -2.10. The van der Waals surface area contributed by atoms with Gasteiger partial charge in [0.2, 0.25) is 0 Å². The molecule has 0 spiro atoms. The summed E-state index contributed by atoms with van der Waals surface area (Å²) in [5.41, 5.74) is 9.08. The van der Waals surface area contributed by atoms with E-state index in [1.807, 2.05) is 24.3 Å².